The van der Waals surface area contributed by atoms with Crippen LogP contribution in [0.15, 0.2) is 48.5 Å². The number of carbonyl (C=O) groups is 3. The van der Waals surface area contributed by atoms with Gasteiger partial charge in [0.15, 0.2) is 11.6 Å². The van der Waals surface area contributed by atoms with Gasteiger partial charge >= 0.3 is 30.6 Å². The molecule has 2 N–H and O–H groups in total. The number of carboxylic acid groups (broad SMARTS) is 1. The minimum absolute atomic E-state index is 0.0499. The molecule has 3 aromatic rings. The van der Waals surface area contributed by atoms with Gasteiger partial charge in [-0.3, -0.25) is 9.59 Å². The van der Waals surface area contributed by atoms with Crippen molar-refractivity contribution in [3.8, 4) is 5.75 Å². The molecular formula is C27H16ClF10NO5. The summed E-state index contributed by atoms with van der Waals surface area (Å²) in [5, 5.41) is 10.8. The molecule has 0 aliphatic carbocycles. The van der Waals surface area contributed by atoms with E-state index in [1.807, 2.05) is 0 Å². The number of aryl methyl sites for hydroxylation is 1. The second kappa shape index (κ2) is 12.3. The number of nitrogens with one attached hydrogen (secondary N) is 1. The lowest BCUT2D eigenvalue weighted by Gasteiger charge is -2.31. The zero-order valence-corrected chi connectivity index (χ0v) is 22.4. The summed E-state index contributed by atoms with van der Waals surface area (Å²) in [4.78, 5) is 36.6. The maximum absolute atomic E-state index is 15.3. The van der Waals surface area contributed by atoms with Gasteiger partial charge in [-0.25, -0.2) is 13.6 Å². The Morgan fingerprint density at radius 2 is 1.55 bits per heavy atom. The summed E-state index contributed by atoms with van der Waals surface area (Å²) in [5.74, 6) is -6.43. The molecular weight excluding hydrogens is 644 g/mol. The summed E-state index contributed by atoms with van der Waals surface area (Å²) in [6.07, 6.45) is -14.3. The highest BCUT2D eigenvalue weighted by Crippen LogP contribution is 2.54. The fourth-order valence-corrected chi connectivity index (χ4v) is 4.29. The minimum Gasteiger partial charge on any atom is -0.478 e. The van der Waals surface area contributed by atoms with Crippen LogP contribution in [0.4, 0.5) is 49.6 Å². The fraction of sp³-hybridized carbons (Fsp3) is 0.222. The summed E-state index contributed by atoms with van der Waals surface area (Å²) < 4.78 is 140. The quantitative estimate of drug-likeness (QED) is 0.179. The van der Waals surface area contributed by atoms with Crippen molar-refractivity contribution in [2.45, 2.75) is 38.0 Å². The average Bonchev–Trinajstić information content (AvgIpc) is 2.89. The Balaban J connectivity index is 2.00. The Morgan fingerprint density at radius 3 is 2.07 bits per heavy atom. The average molecular weight is 660 g/mol. The van der Waals surface area contributed by atoms with E-state index in [1.54, 1.807) is 0 Å². The standard InChI is InChI=1S/C27H16ClF10NO5/c1-11-7-13(25(32,26(33,34)35)27(36,37)38)9-20(44-24(30)31)16(11)10-19(40)15-3-2-4-18(21(15)29)39-22(41)14-6-5-12(23(42)43)8-17(14)28/h2-9,24H,10H2,1H3,(H,39,41)(H,42,43). The number of amides is 1. The van der Waals surface area contributed by atoms with E-state index in [0.717, 1.165) is 43.3 Å². The zero-order valence-electron chi connectivity index (χ0n) is 21.6. The number of anilines is 1. The second-order valence-corrected chi connectivity index (χ2v) is 9.43. The first-order valence-corrected chi connectivity index (χ1v) is 12.1. The maximum Gasteiger partial charge on any atom is 0.435 e. The molecule has 0 saturated heterocycles. The zero-order chi connectivity index (χ0) is 33.4. The lowest BCUT2D eigenvalue weighted by molar-refractivity contribution is -0.348. The summed E-state index contributed by atoms with van der Waals surface area (Å²) in [7, 11) is 0. The van der Waals surface area contributed by atoms with Gasteiger partial charge in [0.05, 0.1) is 27.4 Å². The third kappa shape index (κ3) is 6.74. The number of hydrogen-bond acceptors (Lipinski definition) is 4. The van der Waals surface area contributed by atoms with Gasteiger partial charge in [-0.15, -0.1) is 0 Å². The van der Waals surface area contributed by atoms with Gasteiger partial charge in [-0.2, -0.15) is 35.1 Å². The number of halogens is 11. The van der Waals surface area contributed by atoms with Crippen LogP contribution in [0.1, 0.15) is 47.8 Å². The molecule has 3 rings (SSSR count). The van der Waals surface area contributed by atoms with Crippen LogP contribution in [0.25, 0.3) is 0 Å². The summed E-state index contributed by atoms with van der Waals surface area (Å²) in [6.45, 7) is -3.04. The van der Waals surface area contributed by atoms with E-state index in [-0.39, 0.29) is 28.3 Å². The van der Waals surface area contributed by atoms with E-state index in [0.29, 0.717) is 0 Å². The van der Waals surface area contributed by atoms with Gasteiger partial charge < -0.3 is 15.2 Å². The number of ketones is 1. The van der Waals surface area contributed by atoms with Gasteiger partial charge in [0, 0.05) is 17.5 Å². The number of alkyl halides is 9. The maximum atomic E-state index is 15.3. The van der Waals surface area contributed by atoms with Crippen molar-refractivity contribution < 1.29 is 68.1 Å². The molecule has 0 fully saturated rings. The molecule has 0 bridgehead atoms. The first-order chi connectivity index (χ1) is 20.2. The number of carboxylic acids is 1. The smallest absolute Gasteiger partial charge is 0.435 e. The number of rotatable bonds is 9. The summed E-state index contributed by atoms with van der Waals surface area (Å²) >= 11 is 5.92. The highest BCUT2D eigenvalue weighted by atomic mass is 35.5. The number of hydrogen-bond donors (Lipinski definition) is 2. The molecule has 0 heterocycles. The molecule has 44 heavy (non-hydrogen) atoms. The van der Waals surface area contributed by atoms with Crippen molar-refractivity contribution in [2.24, 2.45) is 0 Å². The highest BCUT2D eigenvalue weighted by molar-refractivity contribution is 6.34. The first-order valence-electron chi connectivity index (χ1n) is 11.8. The van der Waals surface area contributed by atoms with Gasteiger partial charge in [-0.05, 0) is 48.9 Å². The van der Waals surface area contributed by atoms with Crippen molar-refractivity contribution in [1.29, 1.82) is 0 Å². The number of ether oxygens (including phenoxy) is 1. The summed E-state index contributed by atoms with van der Waals surface area (Å²) in [5.41, 5.74) is -11.5. The third-order valence-electron chi connectivity index (χ3n) is 6.17. The first kappa shape index (κ1) is 34.2. The number of aromatic carboxylic acids is 1. The van der Waals surface area contributed by atoms with Crippen molar-refractivity contribution in [1.82, 2.24) is 0 Å². The Bertz CT molecular complexity index is 1610. The van der Waals surface area contributed by atoms with E-state index in [2.05, 4.69) is 10.1 Å². The fourth-order valence-electron chi connectivity index (χ4n) is 4.02. The van der Waals surface area contributed by atoms with E-state index in [4.69, 9.17) is 16.7 Å². The van der Waals surface area contributed by atoms with Crippen LogP contribution in [-0.4, -0.2) is 41.7 Å². The van der Waals surface area contributed by atoms with Crippen LogP contribution < -0.4 is 10.1 Å². The minimum atomic E-state index is -6.58. The normalized spacial score (nSPS) is 12.3. The van der Waals surface area contributed by atoms with Gasteiger partial charge in [0.1, 0.15) is 5.75 Å². The molecule has 0 aliphatic heterocycles. The Hall–Kier alpha value is -4.34. The van der Waals surface area contributed by atoms with Crippen LogP contribution in [0, 0.1) is 12.7 Å². The number of carbonyl (C=O) groups excluding carboxylic acids is 2. The molecule has 0 saturated carbocycles. The van der Waals surface area contributed by atoms with Gasteiger partial charge in [0.2, 0.25) is 0 Å². The van der Waals surface area contributed by atoms with Crippen molar-refractivity contribution in [3.63, 3.8) is 0 Å². The monoisotopic (exact) mass is 659 g/mol. The molecule has 0 atom stereocenters. The molecule has 17 heteroatoms. The lowest BCUT2D eigenvalue weighted by atomic mass is 9.89. The predicted octanol–water partition coefficient (Wildman–Crippen LogP) is 8.05. The van der Waals surface area contributed by atoms with Crippen molar-refractivity contribution >= 4 is 34.9 Å². The predicted molar refractivity (Wildman–Crippen MR) is 134 cm³/mol. The van der Waals surface area contributed by atoms with Crippen LogP contribution >= 0.6 is 11.6 Å². The van der Waals surface area contributed by atoms with Crippen molar-refractivity contribution in [3.05, 3.63) is 92.8 Å². The Kier molecular flexibility index (Phi) is 9.58. The summed E-state index contributed by atoms with van der Waals surface area (Å²) in [6, 6.07) is 5.71. The van der Waals surface area contributed by atoms with Crippen LogP contribution in [0.2, 0.25) is 5.02 Å². The van der Waals surface area contributed by atoms with E-state index < -0.39 is 88.2 Å². The molecule has 0 aromatic heterocycles. The van der Waals surface area contributed by atoms with Crippen LogP contribution in [0.3, 0.4) is 0 Å². The second-order valence-electron chi connectivity index (χ2n) is 9.02. The molecule has 3 aromatic carbocycles. The molecule has 0 aliphatic rings. The van der Waals surface area contributed by atoms with E-state index in [1.165, 1.54) is 0 Å². The van der Waals surface area contributed by atoms with Crippen molar-refractivity contribution in [2.75, 3.05) is 5.32 Å². The molecule has 0 radical (unpaired) electrons. The third-order valence-corrected chi connectivity index (χ3v) is 6.49. The van der Waals surface area contributed by atoms with E-state index >= 15 is 4.39 Å². The molecule has 236 valence electrons. The van der Waals surface area contributed by atoms with Gasteiger partial charge in [0.25, 0.3) is 5.91 Å². The van der Waals surface area contributed by atoms with Crippen LogP contribution in [0.5, 0.6) is 5.75 Å². The Labute approximate surface area is 245 Å². The lowest BCUT2D eigenvalue weighted by Crippen LogP contribution is -2.50. The highest BCUT2D eigenvalue weighted by Gasteiger charge is 2.73. The number of Topliss-reactive ketones (excluding diaryl/α,β-unsaturated/α-hetero) is 1. The largest absolute Gasteiger partial charge is 0.478 e. The SMILES string of the molecule is Cc1cc(C(F)(C(F)(F)F)C(F)(F)F)cc(OC(F)F)c1CC(=O)c1cccc(NC(=O)c2ccc(C(=O)O)cc2Cl)c1F. The molecule has 1 amide bonds. The van der Waals surface area contributed by atoms with Crippen LogP contribution in [-0.2, 0) is 12.1 Å². The topological polar surface area (TPSA) is 92.7 Å². The van der Waals surface area contributed by atoms with E-state index in [9.17, 15) is 53.9 Å². The molecule has 6 nitrogen and oxygen atoms in total. The molecule has 0 spiro atoms. The molecule has 0 unspecified atom stereocenters. The van der Waals surface area contributed by atoms with Gasteiger partial charge in [-0.1, -0.05) is 23.7 Å². The number of benzene rings is 3. The Morgan fingerprint density at radius 1 is 0.932 bits per heavy atom.